The van der Waals surface area contributed by atoms with Crippen LogP contribution in [-0.2, 0) is 23.7 Å². The molecule has 204 valence electrons. The average molecular weight is 517 g/mol. The summed E-state index contributed by atoms with van der Waals surface area (Å²) in [6.45, 7) is 11.4. The molecule has 0 spiro atoms. The SMILES string of the molecule is CCOC(=O)CCC[C@H]1C[C@@H](N(C[C@H]2O[C@@H](n3cnc4c(N)ncnc43)[C@@H]3OC(C)(C)O[C@@H]32)C(C)C)C1. The minimum absolute atomic E-state index is 0.0915. The highest BCUT2D eigenvalue weighted by Crippen LogP contribution is 2.45. The Hall–Kier alpha value is -2.34. The fourth-order valence-electron chi connectivity index (χ4n) is 6.05. The van der Waals surface area contributed by atoms with Crippen molar-refractivity contribution < 1.29 is 23.7 Å². The summed E-state index contributed by atoms with van der Waals surface area (Å²) in [5, 5.41) is 0. The molecule has 11 heteroatoms. The first-order valence-electron chi connectivity index (χ1n) is 13.5. The van der Waals surface area contributed by atoms with Crippen LogP contribution in [0, 0.1) is 5.92 Å². The van der Waals surface area contributed by atoms with Crippen molar-refractivity contribution in [2.75, 3.05) is 18.9 Å². The number of carbonyl (C=O) groups is 1. The van der Waals surface area contributed by atoms with Crippen molar-refractivity contribution in [3.8, 4) is 0 Å². The van der Waals surface area contributed by atoms with Gasteiger partial charge >= 0.3 is 5.97 Å². The molecule has 0 radical (unpaired) electrons. The predicted octanol–water partition coefficient (Wildman–Crippen LogP) is 3.05. The minimum atomic E-state index is -0.705. The van der Waals surface area contributed by atoms with Gasteiger partial charge in [-0.25, -0.2) is 15.0 Å². The number of fused-ring (bicyclic) bond motifs is 2. The molecule has 3 aliphatic rings. The molecule has 37 heavy (non-hydrogen) atoms. The Morgan fingerprint density at radius 3 is 2.73 bits per heavy atom. The molecule has 5 rings (SSSR count). The van der Waals surface area contributed by atoms with Gasteiger partial charge in [-0.15, -0.1) is 0 Å². The Morgan fingerprint density at radius 1 is 1.24 bits per heavy atom. The van der Waals surface area contributed by atoms with Gasteiger partial charge in [-0.1, -0.05) is 0 Å². The fourth-order valence-corrected chi connectivity index (χ4v) is 6.05. The van der Waals surface area contributed by atoms with E-state index in [1.807, 2.05) is 25.3 Å². The van der Waals surface area contributed by atoms with E-state index in [2.05, 4.69) is 33.7 Å². The van der Waals surface area contributed by atoms with Gasteiger partial charge in [-0.2, -0.15) is 0 Å². The first-order chi connectivity index (χ1) is 17.7. The summed E-state index contributed by atoms with van der Waals surface area (Å²) in [6, 6.07) is 0.856. The first-order valence-corrected chi connectivity index (χ1v) is 13.5. The number of hydrogen-bond donors (Lipinski definition) is 1. The van der Waals surface area contributed by atoms with E-state index in [1.54, 1.807) is 6.33 Å². The third-order valence-corrected chi connectivity index (χ3v) is 7.82. The molecule has 2 aliphatic heterocycles. The lowest BCUT2D eigenvalue weighted by molar-refractivity contribution is -0.199. The van der Waals surface area contributed by atoms with Crippen LogP contribution in [0.1, 0.15) is 73.0 Å². The molecular formula is C26H40N6O5. The molecular weight excluding hydrogens is 476 g/mol. The standard InChI is InChI=1S/C26H40N6O5/c1-6-34-19(33)9-7-8-16-10-17(11-16)31(15(2)3)12-18-21-22(37-26(4,5)36-21)25(35-18)32-14-30-20-23(27)28-13-29-24(20)32/h13-18,21-22,25H,6-12H2,1-5H3,(H2,27,28,29)/t16-,17+,18-,21-,22-,25-/m1/s1. The quantitative estimate of drug-likeness (QED) is 0.471. The highest BCUT2D eigenvalue weighted by molar-refractivity contribution is 5.81. The molecule has 1 aliphatic carbocycles. The smallest absolute Gasteiger partial charge is 0.305 e. The third kappa shape index (κ3) is 5.32. The Bertz CT molecular complexity index is 1100. The molecule has 2 N–H and O–H groups in total. The van der Waals surface area contributed by atoms with E-state index in [0.717, 1.165) is 32.2 Å². The average Bonchev–Trinajstić information content (AvgIpc) is 3.46. The Morgan fingerprint density at radius 2 is 2.00 bits per heavy atom. The van der Waals surface area contributed by atoms with Gasteiger partial charge in [0, 0.05) is 25.0 Å². The van der Waals surface area contributed by atoms with Crippen LogP contribution >= 0.6 is 0 Å². The molecule has 0 amide bonds. The number of hydrogen-bond acceptors (Lipinski definition) is 10. The van der Waals surface area contributed by atoms with Gasteiger partial charge in [0.2, 0.25) is 0 Å². The molecule has 2 aromatic heterocycles. The largest absolute Gasteiger partial charge is 0.466 e. The first kappa shape index (κ1) is 26.3. The fraction of sp³-hybridized carbons (Fsp3) is 0.769. The number of nitrogens with zero attached hydrogens (tertiary/aromatic N) is 5. The van der Waals surface area contributed by atoms with Gasteiger partial charge in [-0.3, -0.25) is 14.3 Å². The molecule has 0 aromatic carbocycles. The number of aromatic nitrogens is 4. The van der Waals surface area contributed by atoms with Gasteiger partial charge in [0.25, 0.3) is 0 Å². The summed E-state index contributed by atoms with van der Waals surface area (Å²) in [4.78, 5) is 27.1. The van der Waals surface area contributed by atoms with Gasteiger partial charge in [0.1, 0.15) is 30.2 Å². The lowest BCUT2D eigenvalue weighted by Gasteiger charge is -2.46. The summed E-state index contributed by atoms with van der Waals surface area (Å²) in [7, 11) is 0. The number of esters is 1. The van der Waals surface area contributed by atoms with E-state index in [0.29, 0.717) is 48.0 Å². The third-order valence-electron chi connectivity index (χ3n) is 7.82. The van der Waals surface area contributed by atoms with Gasteiger partial charge in [0.05, 0.1) is 12.9 Å². The van der Waals surface area contributed by atoms with Crippen LogP contribution in [0.25, 0.3) is 11.2 Å². The highest BCUT2D eigenvalue weighted by Gasteiger charge is 2.56. The minimum Gasteiger partial charge on any atom is -0.466 e. The maximum Gasteiger partial charge on any atom is 0.305 e. The number of nitrogen functional groups attached to an aromatic ring is 1. The molecule has 1 saturated carbocycles. The molecule has 0 bridgehead atoms. The number of ether oxygens (including phenoxy) is 4. The summed E-state index contributed by atoms with van der Waals surface area (Å²) < 4.78 is 26.3. The Balaban J connectivity index is 1.25. The van der Waals surface area contributed by atoms with Crippen LogP contribution in [0.4, 0.5) is 5.82 Å². The van der Waals surface area contributed by atoms with Gasteiger partial charge < -0.3 is 24.7 Å². The van der Waals surface area contributed by atoms with Crippen LogP contribution < -0.4 is 5.73 Å². The van der Waals surface area contributed by atoms with E-state index in [9.17, 15) is 4.79 Å². The molecule has 0 unspecified atom stereocenters. The second kappa shape index (κ2) is 10.4. The maximum atomic E-state index is 11.6. The zero-order valence-corrected chi connectivity index (χ0v) is 22.5. The molecule has 4 heterocycles. The normalized spacial score (nSPS) is 30.7. The predicted molar refractivity (Wildman–Crippen MR) is 136 cm³/mol. The van der Waals surface area contributed by atoms with Crippen molar-refractivity contribution in [2.24, 2.45) is 5.92 Å². The molecule has 4 atom stereocenters. The van der Waals surface area contributed by atoms with Crippen LogP contribution in [0.5, 0.6) is 0 Å². The number of imidazole rings is 1. The summed E-state index contributed by atoms with van der Waals surface area (Å²) in [6.07, 6.45) is 6.78. The van der Waals surface area contributed by atoms with E-state index >= 15 is 0 Å². The van der Waals surface area contributed by atoms with Gasteiger partial charge in [0.15, 0.2) is 23.5 Å². The second-order valence-electron chi connectivity index (χ2n) is 11.2. The number of anilines is 1. The molecule has 2 aromatic rings. The van der Waals surface area contributed by atoms with Crippen molar-refractivity contribution in [3.05, 3.63) is 12.7 Å². The van der Waals surface area contributed by atoms with E-state index < -0.39 is 12.0 Å². The Labute approximate surface area is 218 Å². The lowest BCUT2D eigenvalue weighted by Crippen LogP contribution is -2.52. The van der Waals surface area contributed by atoms with Crippen molar-refractivity contribution >= 4 is 23.0 Å². The van der Waals surface area contributed by atoms with Crippen LogP contribution in [-0.4, -0.2) is 79.7 Å². The number of nitrogens with two attached hydrogens (primary N) is 1. The summed E-state index contributed by atoms with van der Waals surface area (Å²) >= 11 is 0. The highest BCUT2D eigenvalue weighted by atomic mass is 16.8. The van der Waals surface area contributed by atoms with E-state index in [4.69, 9.17) is 24.7 Å². The number of rotatable bonds is 10. The van der Waals surface area contributed by atoms with Crippen molar-refractivity contribution in [3.63, 3.8) is 0 Å². The van der Waals surface area contributed by atoms with Crippen molar-refractivity contribution in [2.45, 2.75) is 109 Å². The monoisotopic (exact) mass is 516 g/mol. The molecule has 11 nitrogen and oxygen atoms in total. The topological polar surface area (TPSA) is 127 Å². The molecule has 3 fully saturated rings. The second-order valence-corrected chi connectivity index (χ2v) is 11.2. The van der Waals surface area contributed by atoms with Crippen molar-refractivity contribution in [1.82, 2.24) is 24.4 Å². The van der Waals surface area contributed by atoms with Crippen LogP contribution in [0.2, 0.25) is 0 Å². The lowest BCUT2D eigenvalue weighted by atomic mass is 9.76. The van der Waals surface area contributed by atoms with E-state index in [1.165, 1.54) is 6.33 Å². The zero-order valence-electron chi connectivity index (χ0n) is 22.5. The van der Waals surface area contributed by atoms with Crippen LogP contribution in [0.3, 0.4) is 0 Å². The zero-order chi connectivity index (χ0) is 26.3. The summed E-state index contributed by atoms with van der Waals surface area (Å²) in [5.41, 5.74) is 7.19. The maximum absolute atomic E-state index is 11.6. The van der Waals surface area contributed by atoms with Crippen LogP contribution in [0.15, 0.2) is 12.7 Å². The summed E-state index contributed by atoms with van der Waals surface area (Å²) in [5.74, 6) is 0.194. The van der Waals surface area contributed by atoms with Gasteiger partial charge in [-0.05, 0) is 66.2 Å². The van der Waals surface area contributed by atoms with Crippen molar-refractivity contribution in [1.29, 1.82) is 0 Å². The number of carbonyl (C=O) groups excluding carboxylic acids is 1. The van der Waals surface area contributed by atoms with E-state index in [-0.39, 0.29) is 24.3 Å². The Kier molecular flexibility index (Phi) is 7.41. The molecule has 2 saturated heterocycles.